The van der Waals surface area contributed by atoms with Gasteiger partial charge in [0.1, 0.15) is 0 Å². The molecule has 0 bridgehead atoms. The van der Waals surface area contributed by atoms with Gasteiger partial charge in [0, 0.05) is 35.4 Å². The number of nitrogens with one attached hydrogen (secondary N) is 2. The zero-order valence-corrected chi connectivity index (χ0v) is 15.8. The molecule has 4 aromatic rings. The highest BCUT2D eigenvalue weighted by Crippen LogP contribution is 2.34. The molecule has 0 spiro atoms. The van der Waals surface area contributed by atoms with E-state index in [-0.39, 0.29) is 12.7 Å². The molecular formula is C19H21N7O2. The molecule has 4 rings (SSSR count). The molecule has 4 heterocycles. The van der Waals surface area contributed by atoms with Crippen LogP contribution in [-0.4, -0.2) is 41.0 Å². The van der Waals surface area contributed by atoms with E-state index < -0.39 is 0 Å². The molecule has 28 heavy (non-hydrogen) atoms. The van der Waals surface area contributed by atoms with Crippen molar-refractivity contribution in [3.8, 4) is 16.9 Å². The maximum atomic E-state index is 9.41. The smallest absolute Gasteiger partial charge is 0.247 e. The van der Waals surface area contributed by atoms with Crippen LogP contribution in [0, 0.1) is 6.92 Å². The molecule has 0 aliphatic heterocycles. The lowest BCUT2D eigenvalue weighted by Gasteiger charge is -2.13. The highest BCUT2D eigenvalue weighted by atomic mass is 16.5. The van der Waals surface area contributed by atoms with Crippen LogP contribution in [0.25, 0.3) is 16.8 Å². The number of rotatable bonds is 6. The second-order valence-electron chi connectivity index (χ2n) is 6.63. The normalized spacial score (nSPS) is 11.3. The van der Waals surface area contributed by atoms with Crippen LogP contribution in [0.5, 0.6) is 5.75 Å². The topological polar surface area (TPSA) is 113 Å². The summed E-state index contributed by atoms with van der Waals surface area (Å²) in [6.07, 6.45) is 7.00. The number of aromatic amines is 1. The lowest BCUT2D eigenvalue weighted by Crippen LogP contribution is -2.08. The van der Waals surface area contributed by atoms with Crippen molar-refractivity contribution in [3.05, 3.63) is 48.2 Å². The van der Waals surface area contributed by atoms with Crippen molar-refractivity contribution < 1.29 is 9.84 Å². The van der Waals surface area contributed by atoms with E-state index in [1.54, 1.807) is 16.9 Å². The quantitative estimate of drug-likeness (QED) is 0.472. The highest BCUT2D eigenvalue weighted by Gasteiger charge is 2.18. The predicted molar refractivity (Wildman–Crippen MR) is 105 cm³/mol. The first-order chi connectivity index (χ1) is 13.6. The fraction of sp³-hybridized carbons (Fsp3) is 0.263. The third-order valence-electron chi connectivity index (χ3n) is 4.33. The summed E-state index contributed by atoms with van der Waals surface area (Å²) in [6.45, 7) is 5.70. The molecule has 4 aromatic heterocycles. The lowest BCUT2D eigenvalue weighted by atomic mass is 10.1. The van der Waals surface area contributed by atoms with E-state index in [4.69, 9.17) is 4.74 Å². The minimum absolute atomic E-state index is 0.0282. The summed E-state index contributed by atoms with van der Waals surface area (Å²) in [6, 6.07) is 3.75. The number of pyridine rings is 2. The van der Waals surface area contributed by atoms with Gasteiger partial charge in [-0.2, -0.15) is 10.1 Å². The molecule has 0 atom stereocenters. The van der Waals surface area contributed by atoms with Crippen molar-refractivity contribution in [1.82, 2.24) is 29.8 Å². The van der Waals surface area contributed by atoms with E-state index in [1.165, 1.54) is 0 Å². The van der Waals surface area contributed by atoms with Crippen LogP contribution in [0.15, 0.2) is 36.9 Å². The number of hydrogen-bond donors (Lipinski definition) is 3. The lowest BCUT2D eigenvalue weighted by molar-refractivity contribution is 0.245. The van der Waals surface area contributed by atoms with Crippen LogP contribution in [0.2, 0.25) is 0 Å². The summed E-state index contributed by atoms with van der Waals surface area (Å²) in [5.74, 6) is 1.07. The number of aliphatic hydroxyl groups is 1. The van der Waals surface area contributed by atoms with Gasteiger partial charge in [0.05, 0.1) is 24.6 Å². The monoisotopic (exact) mass is 379 g/mol. The van der Waals surface area contributed by atoms with Crippen molar-refractivity contribution >= 4 is 17.3 Å². The standard InChI is InChI=1S/C19H21N7O2/c1-11(2)28-17-14(13-8-21-22-9-13)5-7-26-18(17)24-19(25-26)23-15-4-6-20-16(10-27)12(15)3/h4-9,11,27H,10H2,1-3H3,(H,21,22)(H,20,23,25). The van der Waals surface area contributed by atoms with Crippen LogP contribution in [0.1, 0.15) is 25.1 Å². The number of hydrogen-bond acceptors (Lipinski definition) is 7. The molecule has 0 saturated heterocycles. The fourth-order valence-electron chi connectivity index (χ4n) is 2.95. The Hall–Kier alpha value is -3.46. The van der Waals surface area contributed by atoms with Crippen LogP contribution in [0.4, 0.5) is 11.6 Å². The number of nitrogens with zero attached hydrogens (tertiary/aromatic N) is 5. The first kappa shape index (κ1) is 17.9. The first-order valence-corrected chi connectivity index (χ1v) is 8.94. The summed E-state index contributed by atoms with van der Waals surface area (Å²) >= 11 is 0. The van der Waals surface area contributed by atoms with Gasteiger partial charge in [-0.25, -0.2) is 4.52 Å². The second-order valence-corrected chi connectivity index (χ2v) is 6.63. The van der Waals surface area contributed by atoms with Gasteiger partial charge < -0.3 is 15.2 Å². The van der Waals surface area contributed by atoms with E-state index >= 15 is 0 Å². The van der Waals surface area contributed by atoms with Crippen molar-refractivity contribution in [3.63, 3.8) is 0 Å². The molecule has 0 saturated carbocycles. The Bertz CT molecular complexity index is 1100. The molecule has 0 radical (unpaired) electrons. The summed E-state index contributed by atoms with van der Waals surface area (Å²) in [7, 11) is 0. The van der Waals surface area contributed by atoms with Gasteiger partial charge in [-0.05, 0) is 38.5 Å². The minimum Gasteiger partial charge on any atom is -0.486 e. The number of fused-ring (bicyclic) bond motifs is 1. The van der Waals surface area contributed by atoms with Gasteiger partial charge in [0.15, 0.2) is 11.4 Å². The Labute approximate surface area is 161 Å². The summed E-state index contributed by atoms with van der Waals surface area (Å²) < 4.78 is 7.74. The number of anilines is 2. The van der Waals surface area contributed by atoms with Crippen molar-refractivity contribution in [1.29, 1.82) is 0 Å². The molecule has 0 aliphatic carbocycles. The third kappa shape index (κ3) is 3.27. The van der Waals surface area contributed by atoms with Gasteiger partial charge in [-0.1, -0.05) is 0 Å². The van der Waals surface area contributed by atoms with Gasteiger partial charge in [0.25, 0.3) is 0 Å². The van der Waals surface area contributed by atoms with E-state index in [9.17, 15) is 5.11 Å². The summed E-state index contributed by atoms with van der Waals surface area (Å²) in [4.78, 5) is 8.79. The van der Waals surface area contributed by atoms with Gasteiger partial charge in [-0.15, -0.1) is 5.10 Å². The average Bonchev–Trinajstić information content (AvgIpc) is 3.33. The zero-order valence-electron chi connectivity index (χ0n) is 15.8. The Morgan fingerprint density at radius 1 is 1.32 bits per heavy atom. The summed E-state index contributed by atoms with van der Waals surface area (Å²) in [5, 5.41) is 24.0. The predicted octanol–water partition coefficient (Wildman–Crippen LogP) is 2.85. The molecule has 144 valence electrons. The third-order valence-corrected chi connectivity index (χ3v) is 4.33. The van der Waals surface area contributed by atoms with Crippen LogP contribution in [0.3, 0.4) is 0 Å². The van der Waals surface area contributed by atoms with E-state index in [2.05, 4.69) is 30.6 Å². The summed E-state index contributed by atoms with van der Waals surface area (Å²) in [5.41, 5.74) is 4.64. The van der Waals surface area contributed by atoms with Crippen LogP contribution < -0.4 is 10.1 Å². The number of aromatic nitrogens is 6. The van der Waals surface area contributed by atoms with Gasteiger partial charge >= 0.3 is 0 Å². The maximum absolute atomic E-state index is 9.41. The largest absolute Gasteiger partial charge is 0.486 e. The van der Waals surface area contributed by atoms with E-state index in [0.717, 1.165) is 22.4 Å². The number of ether oxygens (including phenoxy) is 1. The molecular weight excluding hydrogens is 358 g/mol. The highest BCUT2D eigenvalue weighted by molar-refractivity contribution is 5.77. The molecule has 0 amide bonds. The van der Waals surface area contributed by atoms with Crippen molar-refractivity contribution in [2.24, 2.45) is 0 Å². The Morgan fingerprint density at radius 3 is 2.89 bits per heavy atom. The molecule has 0 aliphatic rings. The fourth-order valence-corrected chi connectivity index (χ4v) is 2.95. The maximum Gasteiger partial charge on any atom is 0.247 e. The molecule has 3 N–H and O–H groups in total. The first-order valence-electron chi connectivity index (χ1n) is 8.94. The molecule has 0 aromatic carbocycles. The van der Waals surface area contributed by atoms with E-state index in [1.807, 2.05) is 45.3 Å². The number of H-pyrrole nitrogens is 1. The Balaban J connectivity index is 1.78. The molecule has 9 heteroatoms. The average molecular weight is 379 g/mol. The van der Waals surface area contributed by atoms with Crippen molar-refractivity contribution in [2.45, 2.75) is 33.5 Å². The van der Waals surface area contributed by atoms with Gasteiger partial charge in [0.2, 0.25) is 5.95 Å². The van der Waals surface area contributed by atoms with Crippen LogP contribution in [-0.2, 0) is 6.61 Å². The molecule has 9 nitrogen and oxygen atoms in total. The van der Waals surface area contributed by atoms with Crippen LogP contribution >= 0.6 is 0 Å². The second kappa shape index (κ2) is 7.28. The molecule has 0 fully saturated rings. The Morgan fingerprint density at radius 2 is 2.18 bits per heavy atom. The van der Waals surface area contributed by atoms with Crippen molar-refractivity contribution in [2.75, 3.05) is 5.32 Å². The SMILES string of the molecule is Cc1c(Nc2nc3c(OC(C)C)c(-c4cn[nH]c4)ccn3n2)ccnc1CO. The van der Waals surface area contributed by atoms with E-state index in [0.29, 0.717) is 23.0 Å². The minimum atomic E-state index is -0.125. The Kier molecular flexibility index (Phi) is 4.66. The zero-order chi connectivity index (χ0) is 19.7. The van der Waals surface area contributed by atoms with Gasteiger partial charge in [-0.3, -0.25) is 10.1 Å². The number of aliphatic hydroxyl groups excluding tert-OH is 1. The molecule has 0 unspecified atom stereocenters.